The summed E-state index contributed by atoms with van der Waals surface area (Å²) in [5.74, 6) is -0.191. The van der Waals surface area contributed by atoms with E-state index in [1.807, 2.05) is 37.3 Å². The van der Waals surface area contributed by atoms with E-state index in [-0.39, 0.29) is 18.0 Å². The summed E-state index contributed by atoms with van der Waals surface area (Å²) in [5.41, 5.74) is 6.25. The zero-order valence-electron chi connectivity index (χ0n) is 9.25. The summed E-state index contributed by atoms with van der Waals surface area (Å²) in [6, 6.07) is 9.93. The lowest BCUT2D eigenvalue weighted by atomic mass is 10.1. The van der Waals surface area contributed by atoms with E-state index < -0.39 is 0 Å². The second-order valence-electron chi connectivity index (χ2n) is 3.43. The van der Waals surface area contributed by atoms with E-state index in [2.05, 4.69) is 10.6 Å². The second kappa shape index (κ2) is 5.75. The lowest BCUT2D eigenvalue weighted by Crippen LogP contribution is -2.44. The van der Waals surface area contributed by atoms with Crippen molar-refractivity contribution in [3.63, 3.8) is 0 Å². The summed E-state index contributed by atoms with van der Waals surface area (Å²) in [5, 5.41) is 20.0. The molecule has 1 rings (SSSR count). The fraction of sp³-hybridized carbons (Fsp3) is 0.273. The lowest BCUT2D eigenvalue weighted by molar-refractivity contribution is 0.616. The summed E-state index contributed by atoms with van der Waals surface area (Å²) in [6.45, 7) is 2.03. The Morgan fingerprint density at radius 1 is 1.31 bits per heavy atom. The Morgan fingerprint density at radius 2 is 1.94 bits per heavy atom. The van der Waals surface area contributed by atoms with Crippen LogP contribution in [0.25, 0.3) is 0 Å². The first-order chi connectivity index (χ1) is 7.63. The predicted octanol–water partition coefficient (Wildman–Crippen LogP) is 1.15. The van der Waals surface area contributed by atoms with Crippen molar-refractivity contribution in [2.75, 3.05) is 0 Å². The highest BCUT2D eigenvalue weighted by molar-refractivity contribution is 5.94. The monoisotopic (exact) mass is 219 g/mol. The lowest BCUT2D eigenvalue weighted by Gasteiger charge is -2.19. The summed E-state index contributed by atoms with van der Waals surface area (Å²) < 4.78 is 0. The molecule has 0 heterocycles. The third-order valence-corrected chi connectivity index (χ3v) is 2.19. The van der Waals surface area contributed by atoms with Crippen molar-refractivity contribution in [1.82, 2.24) is 10.6 Å². The Bertz CT molecular complexity index is 360. The first kappa shape index (κ1) is 12.0. The van der Waals surface area contributed by atoms with Crippen LogP contribution in [0.3, 0.4) is 0 Å². The molecule has 6 N–H and O–H groups in total. The number of nitrogens with two attached hydrogens (primary N) is 1. The van der Waals surface area contributed by atoms with Crippen molar-refractivity contribution in [3.8, 4) is 0 Å². The smallest absolute Gasteiger partial charge is 0.195 e. The average molecular weight is 219 g/mol. The van der Waals surface area contributed by atoms with E-state index in [9.17, 15) is 0 Å². The Balaban J connectivity index is 2.63. The van der Waals surface area contributed by atoms with Crippen LogP contribution in [0.1, 0.15) is 24.9 Å². The molecule has 0 radical (unpaired) electrons. The molecule has 0 spiro atoms. The van der Waals surface area contributed by atoms with Gasteiger partial charge in [0.25, 0.3) is 0 Å². The molecule has 86 valence electrons. The van der Waals surface area contributed by atoms with Gasteiger partial charge in [-0.15, -0.1) is 0 Å². The number of benzene rings is 1. The fourth-order valence-electron chi connectivity index (χ4n) is 1.45. The first-order valence-corrected chi connectivity index (χ1v) is 5.14. The molecule has 16 heavy (non-hydrogen) atoms. The van der Waals surface area contributed by atoms with Crippen LogP contribution >= 0.6 is 0 Å². The first-order valence-electron chi connectivity index (χ1n) is 5.14. The summed E-state index contributed by atoms with van der Waals surface area (Å²) in [6.07, 6.45) is 0.853. The molecule has 1 atom stereocenters. The van der Waals surface area contributed by atoms with Crippen LogP contribution < -0.4 is 16.4 Å². The Labute approximate surface area is 95.1 Å². The highest BCUT2D eigenvalue weighted by Crippen LogP contribution is 2.15. The van der Waals surface area contributed by atoms with Crippen LogP contribution in [0.2, 0.25) is 0 Å². The average Bonchev–Trinajstić information content (AvgIpc) is 2.26. The standard InChI is InChI=1S/C11H17N5/c1-2-9(8-6-4-3-5-7-8)15-11(14)16-10(12)13/h3-7,9H,2H2,1H3,(H6,12,13,14,15,16). The molecule has 0 aliphatic carbocycles. The second-order valence-corrected chi connectivity index (χ2v) is 3.43. The molecule has 1 aromatic rings. The molecule has 0 aliphatic heterocycles. The number of guanidine groups is 2. The van der Waals surface area contributed by atoms with Crippen LogP contribution in [0.15, 0.2) is 30.3 Å². The van der Waals surface area contributed by atoms with Gasteiger partial charge in [-0.2, -0.15) is 0 Å². The van der Waals surface area contributed by atoms with Crippen molar-refractivity contribution in [2.45, 2.75) is 19.4 Å². The van der Waals surface area contributed by atoms with E-state index in [0.29, 0.717) is 0 Å². The fourth-order valence-corrected chi connectivity index (χ4v) is 1.45. The predicted molar refractivity (Wildman–Crippen MR) is 65.4 cm³/mol. The normalized spacial score (nSPS) is 11.6. The van der Waals surface area contributed by atoms with Crippen molar-refractivity contribution < 1.29 is 0 Å². The maximum atomic E-state index is 7.56. The van der Waals surface area contributed by atoms with Gasteiger partial charge in [0.1, 0.15) is 0 Å². The summed E-state index contributed by atoms with van der Waals surface area (Å²) in [7, 11) is 0. The zero-order valence-corrected chi connectivity index (χ0v) is 9.25. The molecule has 5 heteroatoms. The van der Waals surface area contributed by atoms with Crippen LogP contribution in [0, 0.1) is 10.8 Å². The van der Waals surface area contributed by atoms with Gasteiger partial charge in [-0.05, 0) is 12.0 Å². The molecule has 0 saturated heterocycles. The summed E-state index contributed by atoms with van der Waals surface area (Å²) in [4.78, 5) is 0. The van der Waals surface area contributed by atoms with Gasteiger partial charge in [-0.25, -0.2) is 0 Å². The van der Waals surface area contributed by atoms with E-state index in [1.165, 1.54) is 0 Å². The molecule has 0 aromatic heterocycles. The highest BCUT2D eigenvalue weighted by Gasteiger charge is 2.09. The molecule has 0 aliphatic rings. The van der Waals surface area contributed by atoms with E-state index in [1.54, 1.807) is 0 Å². The molecule has 1 unspecified atom stereocenters. The Hall–Kier alpha value is -2.04. The van der Waals surface area contributed by atoms with Gasteiger partial charge in [0.2, 0.25) is 0 Å². The van der Waals surface area contributed by atoms with Gasteiger partial charge in [0.05, 0.1) is 6.04 Å². The van der Waals surface area contributed by atoms with Crippen molar-refractivity contribution in [3.05, 3.63) is 35.9 Å². The molecular formula is C11H17N5. The van der Waals surface area contributed by atoms with Gasteiger partial charge < -0.3 is 11.1 Å². The SMILES string of the molecule is CCC(NC(=N)NC(=N)N)c1ccccc1. The van der Waals surface area contributed by atoms with Crippen LogP contribution in [-0.2, 0) is 0 Å². The minimum absolute atomic E-state index is 0.0446. The Kier molecular flexibility index (Phi) is 4.32. The van der Waals surface area contributed by atoms with Gasteiger partial charge in [-0.1, -0.05) is 37.3 Å². The van der Waals surface area contributed by atoms with Crippen molar-refractivity contribution >= 4 is 11.9 Å². The van der Waals surface area contributed by atoms with Crippen LogP contribution in [0.5, 0.6) is 0 Å². The van der Waals surface area contributed by atoms with E-state index in [0.717, 1.165) is 12.0 Å². The minimum Gasteiger partial charge on any atom is -0.370 e. The molecule has 1 aromatic carbocycles. The maximum absolute atomic E-state index is 7.56. The van der Waals surface area contributed by atoms with Gasteiger partial charge in [0, 0.05) is 0 Å². The molecule has 0 bridgehead atoms. The molecule has 0 amide bonds. The third-order valence-electron chi connectivity index (χ3n) is 2.19. The Morgan fingerprint density at radius 3 is 2.44 bits per heavy atom. The van der Waals surface area contributed by atoms with Gasteiger partial charge in [-0.3, -0.25) is 16.1 Å². The number of hydrogen-bond acceptors (Lipinski definition) is 2. The number of nitrogens with one attached hydrogen (secondary N) is 4. The third kappa shape index (κ3) is 3.61. The maximum Gasteiger partial charge on any atom is 0.195 e. The topological polar surface area (TPSA) is 97.8 Å². The van der Waals surface area contributed by atoms with E-state index in [4.69, 9.17) is 16.6 Å². The zero-order chi connectivity index (χ0) is 12.0. The van der Waals surface area contributed by atoms with E-state index >= 15 is 0 Å². The van der Waals surface area contributed by atoms with Gasteiger partial charge >= 0.3 is 0 Å². The quantitative estimate of drug-likeness (QED) is 0.389. The number of hydrogen-bond donors (Lipinski definition) is 5. The highest BCUT2D eigenvalue weighted by atomic mass is 15.2. The molecule has 5 nitrogen and oxygen atoms in total. The molecular weight excluding hydrogens is 202 g/mol. The molecule has 0 saturated carbocycles. The van der Waals surface area contributed by atoms with Crippen molar-refractivity contribution in [2.24, 2.45) is 5.73 Å². The van der Waals surface area contributed by atoms with Gasteiger partial charge in [0.15, 0.2) is 11.9 Å². The van der Waals surface area contributed by atoms with Crippen LogP contribution in [-0.4, -0.2) is 11.9 Å². The largest absolute Gasteiger partial charge is 0.370 e. The number of rotatable bonds is 3. The minimum atomic E-state index is -0.236. The molecule has 0 fully saturated rings. The van der Waals surface area contributed by atoms with Crippen LogP contribution in [0.4, 0.5) is 0 Å². The van der Waals surface area contributed by atoms with Crippen molar-refractivity contribution in [1.29, 1.82) is 10.8 Å². The summed E-state index contributed by atoms with van der Waals surface area (Å²) >= 11 is 0.